The molecular weight excluding hydrogens is 290 g/mol. The monoisotopic (exact) mass is 306 g/mol. The summed E-state index contributed by atoms with van der Waals surface area (Å²) < 4.78 is 26.4. The van der Waals surface area contributed by atoms with Gasteiger partial charge in [-0.05, 0) is 60.4 Å². The van der Waals surface area contributed by atoms with Gasteiger partial charge in [0, 0.05) is 0 Å². The van der Waals surface area contributed by atoms with Crippen molar-refractivity contribution in [3.63, 3.8) is 0 Å². The molecule has 0 aromatic heterocycles. The fourth-order valence-corrected chi connectivity index (χ4v) is 3.59. The first kappa shape index (κ1) is 14.5. The molecule has 21 heavy (non-hydrogen) atoms. The summed E-state index contributed by atoms with van der Waals surface area (Å²) in [5.41, 5.74) is 3.30. The first-order valence-electron chi connectivity index (χ1n) is 7.31. The maximum atomic E-state index is 13.3. The van der Waals surface area contributed by atoms with Crippen LogP contribution in [0, 0.1) is 17.6 Å². The van der Waals surface area contributed by atoms with Crippen molar-refractivity contribution in [2.75, 3.05) is 0 Å². The standard InChI is InChI=1S/C18H17ClF2/c19-18-14(10-12-8-9-16(20)17(21)11-12)6-3-5-13-4-1-2-7-15(13)18/h1-2,4,7-9,11,14,18H,3,5-6,10H2. The van der Waals surface area contributed by atoms with Crippen LogP contribution in [-0.4, -0.2) is 0 Å². The molecule has 2 unspecified atom stereocenters. The molecule has 0 heterocycles. The lowest BCUT2D eigenvalue weighted by molar-refractivity contribution is 0.460. The van der Waals surface area contributed by atoms with Crippen molar-refractivity contribution in [1.29, 1.82) is 0 Å². The van der Waals surface area contributed by atoms with Crippen LogP contribution in [0.15, 0.2) is 42.5 Å². The highest BCUT2D eigenvalue weighted by Gasteiger charge is 2.26. The van der Waals surface area contributed by atoms with Crippen molar-refractivity contribution < 1.29 is 8.78 Å². The average Bonchev–Trinajstić information content (AvgIpc) is 2.64. The van der Waals surface area contributed by atoms with Gasteiger partial charge in [0.2, 0.25) is 0 Å². The van der Waals surface area contributed by atoms with Gasteiger partial charge >= 0.3 is 0 Å². The lowest BCUT2D eigenvalue weighted by Gasteiger charge is -2.21. The van der Waals surface area contributed by atoms with Crippen molar-refractivity contribution >= 4 is 11.6 Å². The molecule has 0 N–H and O–H groups in total. The van der Waals surface area contributed by atoms with Crippen LogP contribution < -0.4 is 0 Å². The molecule has 0 amide bonds. The third kappa shape index (κ3) is 3.11. The number of fused-ring (bicyclic) bond motifs is 1. The summed E-state index contributed by atoms with van der Waals surface area (Å²) in [4.78, 5) is 0. The molecule has 1 aliphatic rings. The van der Waals surface area contributed by atoms with E-state index in [-0.39, 0.29) is 11.3 Å². The zero-order valence-electron chi connectivity index (χ0n) is 11.7. The van der Waals surface area contributed by atoms with Crippen molar-refractivity contribution in [2.24, 2.45) is 5.92 Å². The Hall–Kier alpha value is -1.41. The van der Waals surface area contributed by atoms with Crippen molar-refractivity contribution in [3.05, 3.63) is 70.8 Å². The molecule has 0 nitrogen and oxygen atoms in total. The van der Waals surface area contributed by atoms with Gasteiger partial charge in [0.15, 0.2) is 11.6 Å². The molecule has 0 fully saturated rings. The zero-order chi connectivity index (χ0) is 14.8. The minimum Gasteiger partial charge on any atom is -0.204 e. The smallest absolute Gasteiger partial charge is 0.159 e. The van der Waals surface area contributed by atoms with Gasteiger partial charge in [-0.3, -0.25) is 0 Å². The molecule has 0 radical (unpaired) electrons. The minimum atomic E-state index is -0.799. The number of hydrogen-bond acceptors (Lipinski definition) is 0. The summed E-state index contributed by atoms with van der Waals surface area (Å²) in [6.45, 7) is 0. The third-order valence-corrected chi connectivity index (χ3v) is 4.86. The van der Waals surface area contributed by atoms with Crippen LogP contribution in [-0.2, 0) is 12.8 Å². The topological polar surface area (TPSA) is 0 Å². The van der Waals surface area contributed by atoms with E-state index >= 15 is 0 Å². The molecule has 0 bridgehead atoms. The number of benzene rings is 2. The predicted molar refractivity (Wildman–Crippen MR) is 81.5 cm³/mol. The molecular formula is C18H17ClF2. The van der Waals surface area contributed by atoms with Crippen molar-refractivity contribution in [2.45, 2.75) is 31.1 Å². The van der Waals surface area contributed by atoms with Gasteiger partial charge in [-0.15, -0.1) is 11.6 Å². The Bertz CT molecular complexity index is 639. The van der Waals surface area contributed by atoms with E-state index in [2.05, 4.69) is 12.1 Å². The van der Waals surface area contributed by atoms with E-state index < -0.39 is 11.6 Å². The minimum absolute atomic E-state index is 0.0724. The maximum absolute atomic E-state index is 13.3. The SMILES string of the molecule is Fc1ccc(CC2CCCc3ccccc3C2Cl)cc1F. The van der Waals surface area contributed by atoms with Gasteiger partial charge in [0.1, 0.15) is 0 Å². The van der Waals surface area contributed by atoms with Crippen LogP contribution in [0.25, 0.3) is 0 Å². The molecule has 110 valence electrons. The van der Waals surface area contributed by atoms with Gasteiger partial charge in [-0.2, -0.15) is 0 Å². The number of hydrogen-bond donors (Lipinski definition) is 0. The second-order valence-electron chi connectivity index (χ2n) is 5.71. The van der Waals surface area contributed by atoms with Crippen LogP contribution in [0.2, 0.25) is 0 Å². The van der Waals surface area contributed by atoms with Gasteiger partial charge in [-0.1, -0.05) is 30.3 Å². The first-order chi connectivity index (χ1) is 10.1. The van der Waals surface area contributed by atoms with Gasteiger partial charge < -0.3 is 0 Å². The Balaban J connectivity index is 1.84. The van der Waals surface area contributed by atoms with Crippen LogP contribution >= 0.6 is 11.6 Å². The number of alkyl halides is 1. The first-order valence-corrected chi connectivity index (χ1v) is 7.74. The summed E-state index contributed by atoms with van der Waals surface area (Å²) in [5, 5.41) is -0.0724. The quantitative estimate of drug-likeness (QED) is 0.512. The molecule has 1 aliphatic carbocycles. The summed E-state index contributed by atoms with van der Waals surface area (Å²) in [7, 11) is 0. The van der Waals surface area contributed by atoms with Crippen molar-refractivity contribution in [3.8, 4) is 0 Å². The second-order valence-corrected chi connectivity index (χ2v) is 6.18. The zero-order valence-corrected chi connectivity index (χ0v) is 12.4. The average molecular weight is 307 g/mol. The van der Waals surface area contributed by atoms with E-state index in [0.717, 1.165) is 24.8 Å². The molecule has 0 saturated heterocycles. The predicted octanol–water partition coefficient (Wildman–Crippen LogP) is 5.44. The Kier molecular flexibility index (Phi) is 4.25. The Labute approximate surface area is 128 Å². The largest absolute Gasteiger partial charge is 0.204 e. The van der Waals surface area contributed by atoms with Crippen LogP contribution in [0.1, 0.15) is 34.9 Å². The molecule has 0 saturated carbocycles. The van der Waals surface area contributed by atoms with E-state index in [9.17, 15) is 8.78 Å². The maximum Gasteiger partial charge on any atom is 0.159 e. The molecule has 3 rings (SSSR count). The summed E-state index contributed by atoms with van der Waals surface area (Å²) >= 11 is 6.67. The fraction of sp³-hybridized carbons (Fsp3) is 0.333. The Morgan fingerprint density at radius 3 is 2.67 bits per heavy atom. The Morgan fingerprint density at radius 2 is 1.86 bits per heavy atom. The van der Waals surface area contributed by atoms with Gasteiger partial charge in [0.25, 0.3) is 0 Å². The molecule has 2 atom stereocenters. The third-order valence-electron chi connectivity index (χ3n) is 4.27. The van der Waals surface area contributed by atoms with Crippen molar-refractivity contribution in [1.82, 2.24) is 0 Å². The summed E-state index contributed by atoms with van der Waals surface area (Å²) in [5.74, 6) is -1.33. The highest BCUT2D eigenvalue weighted by atomic mass is 35.5. The lowest BCUT2D eigenvalue weighted by atomic mass is 9.90. The van der Waals surface area contributed by atoms with Gasteiger partial charge in [0.05, 0.1) is 5.38 Å². The van der Waals surface area contributed by atoms with E-state index in [1.54, 1.807) is 6.07 Å². The molecule has 2 aromatic rings. The van der Waals surface area contributed by atoms with Crippen LogP contribution in [0.3, 0.4) is 0 Å². The highest BCUT2D eigenvalue weighted by Crippen LogP contribution is 2.39. The van der Waals surface area contributed by atoms with E-state index in [4.69, 9.17) is 11.6 Å². The number of halogens is 3. The van der Waals surface area contributed by atoms with E-state index in [1.807, 2.05) is 12.1 Å². The summed E-state index contributed by atoms with van der Waals surface area (Å²) in [6, 6.07) is 12.4. The fourth-order valence-electron chi connectivity index (χ4n) is 3.16. The lowest BCUT2D eigenvalue weighted by Crippen LogP contribution is -2.11. The van der Waals surface area contributed by atoms with E-state index in [1.165, 1.54) is 23.3 Å². The van der Waals surface area contributed by atoms with Crippen LogP contribution in [0.4, 0.5) is 8.78 Å². The summed E-state index contributed by atoms with van der Waals surface area (Å²) in [6.07, 6.45) is 3.80. The number of aryl methyl sites for hydroxylation is 1. The molecule has 3 heteroatoms. The van der Waals surface area contributed by atoms with Crippen LogP contribution in [0.5, 0.6) is 0 Å². The molecule has 0 aliphatic heterocycles. The highest BCUT2D eigenvalue weighted by molar-refractivity contribution is 6.21. The normalized spacial score (nSPS) is 21.7. The number of rotatable bonds is 2. The molecule has 0 spiro atoms. The second kappa shape index (κ2) is 6.15. The van der Waals surface area contributed by atoms with Gasteiger partial charge in [-0.25, -0.2) is 8.78 Å². The van der Waals surface area contributed by atoms with E-state index in [0.29, 0.717) is 6.42 Å². The molecule has 2 aromatic carbocycles. The Morgan fingerprint density at radius 1 is 1.05 bits per heavy atom.